The summed E-state index contributed by atoms with van der Waals surface area (Å²) >= 11 is 3.51. The maximum absolute atomic E-state index is 6.13. The quantitative estimate of drug-likeness (QED) is 0.905. The molecule has 0 aliphatic heterocycles. The molecule has 1 aromatic heterocycles. The monoisotopic (exact) mass is 297 g/mol. The average molecular weight is 298 g/mol. The normalized spacial score (nSPS) is 29.5. The summed E-state index contributed by atoms with van der Waals surface area (Å²) in [4.78, 5) is 0. The van der Waals surface area contributed by atoms with Crippen LogP contribution in [0.5, 0.6) is 0 Å². The first-order valence-electron chi connectivity index (χ1n) is 6.67. The molecule has 2 saturated carbocycles. The first-order chi connectivity index (χ1) is 8.16. The average Bonchev–Trinajstić information content (AvgIpc) is 3.14. The van der Waals surface area contributed by atoms with E-state index in [0.29, 0.717) is 6.04 Å². The van der Waals surface area contributed by atoms with Crippen LogP contribution in [0.1, 0.15) is 50.3 Å². The van der Waals surface area contributed by atoms with Gasteiger partial charge >= 0.3 is 0 Å². The number of rotatable bonds is 2. The minimum Gasteiger partial charge on any atom is -0.383 e. The standard InChI is InChI=1S/C13H20BrN3/c1-8-12(14)13(15)17(16-8)11-4-2-3-10(7-11)9-5-6-9/h9-11H,2-7,15H2,1H3. The van der Waals surface area contributed by atoms with Gasteiger partial charge in [0.1, 0.15) is 5.82 Å². The fourth-order valence-electron chi connectivity index (χ4n) is 3.24. The molecule has 0 bridgehead atoms. The van der Waals surface area contributed by atoms with Crippen LogP contribution in [0.2, 0.25) is 0 Å². The highest BCUT2D eigenvalue weighted by molar-refractivity contribution is 9.10. The Labute approximate surface area is 111 Å². The highest BCUT2D eigenvalue weighted by Gasteiger charge is 2.36. The highest BCUT2D eigenvalue weighted by atomic mass is 79.9. The van der Waals surface area contributed by atoms with E-state index in [4.69, 9.17) is 5.73 Å². The molecule has 0 amide bonds. The molecule has 2 aliphatic carbocycles. The van der Waals surface area contributed by atoms with E-state index >= 15 is 0 Å². The van der Waals surface area contributed by atoms with Crippen LogP contribution < -0.4 is 5.73 Å². The SMILES string of the molecule is Cc1nn(C2CCCC(C3CC3)C2)c(N)c1Br. The summed E-state index contributed by atoms with van der Waals surface area (Å²) in [6.45, 7) is 2.01. The summed E-state index contributed by atoms with van der Waals surface area (Å²) < 4.78 is 3.04. The zero-order valence-electron chi connectivity index (χ0n) is 10.3. The van der Waals surface area contributed by atoms with E-state index in [1.54, 1.807) is 0 Å². The van der Waals surface area contributed by atoms with Crippen molar-refractivity contribution in [2.75, 3.05) is 5.73 Å². The number of hydrogen-bond donors (Lipinski definition) is 1. The number of nitrogen functional groups attached to an aromatic ring is 1. The van der Waals surface area contributed by atoms with Gasteiger partial charge in [-0.05, 0) is 60.4 Å². The molecule has 17 heavy (non-hydrogen) atoms. The summed E-state index contributed by atoms with van der Waals surface area (Å²) in [6.07, 6.45) is 8.18. The Balaban J connectivity index is 1.80. The maximum atomic E-state index is 6.13. The maximum Gasteiger partial charge on any atom is 0.136 e. The molecule has 2 fully saturated rings. The van der Waals surface area contributed by atoms with Crippen LogP contribution in [-0.2, 0) is 0 Å². The van der Waals surface area contributed by atoms with E-state index in [0.717, 1.165) is 27.8 Å². The number of aryl methyl sites for hydroxylation is 1. The van der Waals surface area contributed by atoms with E-state index in [9.17, 15) is 0 Å². The first kappa shape index (κ1) is 11.6. The fourth-order valence-corrected chi connectivity index (χ4v) is 3.50. The summed E-state index contributed by atoms with van der Waals surface area (Å²) in [6, 6.07) is 0.527. The van der Waals surface area contributed by atoms with Crippen LogP contribution in [0.4, 0.5) is 5.82 Å². The van der Waals surface area contributed by atoms with E-state index in [1.165, 1.54) is 38.5 Å². The number of anilines is 1. The van der Waals surface area contributed by atoms with Gasteiger partial charge in [-0.25, -0.2) is 4.68 Å². The van der Waals surface area contributed by atoms with Crippen LogP contribution in [0.15, 0.2) is 4.47 Å². The molecule has 2 unspecified atom stereocenters. The molecule has 2 N–H and O–H groups in total. The zero-order valence-corrected chi connectivity index (χ0v) is 11.9. The molecule has 3 nitrogen and oxygen atoms in total. The summed E-state index contributed by atoms with van der Waals surface area (Å²) in [5.41, 5.74) is 7.14. The summed E-state index contributed by atoms with van der Waals surface area (Å²) in [5.74, 6) is 2.75. The van der Waals surface area contributed by atoms with Crippen LogP contribution in [0.25, 0.3) is 0 Å². The Morgan fingerprint density at radius 2 is 2.00 bits per heavy atom. The number of hydrogen-bond acceptors (Lipinski definition) is 2. The van der Waals surface area contributed by atoms with E-state index in [1.807, 2.05) is 6.92 Å². The molecular weight excluding hydrogens is 278 g/mol. The van der Waals surface area contributed by atoms with Gasteiger partial charge in [0.2, 0.25) is 0 Å². The Bertz CT molecular complexity index is 423. The van der Waals surface area contributed by atoms with E-state index in [2.05, 4.69) is 25.7 Å². The highest BCUT2D eigenvalue weighted by Crippen LogP contribution is 2.47. The second-order valence-corrected chi connectivity index (χ2v) is 6.44. The Morgan fingerprint density at radius 3 is 2.59 bits per heavy atom. The smallest absolute Gasteiger partial charge is 0.136 e. The molecule has 1 heterocycles. The molecule has 3 rings (SSSR count). The van der Waals surface area contributed by atoms with E-state index < -0.39 is 0 Å². The Hall–Kier alpha value is -0.510. The fraction of sp³-hybridized carbons (Fsp3) is 0.769. The van der Waals surface area contributed by atoms with Gasteiger partial charge in [0.15, 0.2) is 0 Å². The summed E-state index contributed by atoms with van der Waals surface area (Å²) in [5, 5.41) is 4.59. The lowest BCUT2D eigenvalue weighted by Crippen LogP contribution is -2.22. The van der Waals surface area contributed by atoms with Crippen LogP contribution in [0, 0.1) is 18.8 Å². The van der Waals surface area contributed by atoms with Crippen molar-refractivity contribution in [1.82, 2.24) is 9.78 Å². The van der Waals surface area contributed by atoms with Gasteiger partial charge < -0.3 is 5.73 Å². The van der Waals surface area contributed by atoms with Gasteiger partial charge in [0.05, 0.1) is 16.2 Å². The molecule has 0 radical (unpaired) electrons. The second-order valence-electron chi connectivity index (χ2n) is 5.65. The van der Waals surface area contributed by atoms with Crippen molar-refractivity contribution < 1.29 is 0 Å². The number of aromatic nitrogens is 2. The van der Waals surface area contributed by atoms with Crippen molar-refractivity contribution in [3.63, 3.8) is 0 Å². The van der Waals surface area contributed by atoms with Gasteiger partial charge in [-0.3, -0.25) is 0 Å². The lowest BCUT2D eigenvalue weighted by atomic mass is 9.83. The predicted octanol–water partition coefficient (Wildman–Crippen LogP) is 3.68. The van der Waals surface area contributed by atoms with Crippen molar-refractivity contribution in [3.8, 4) is 0 Å². The number of nitrogens with zero attached hydrogens (tertiary/aromatic N) is 2. The Morgan fingerprint density at radius 1 is 1.24 bits per heavy atom. The van der Waals surface area contributed by atoms with Crippen molar-refractivity contribution in [1.29, 1.82) is 0 Å². The Kier molecular flexibility index (Phi) is 2.93. The van der Waals surface area contributed by atoms with E-state index in [-0.39, 0.29) is 0 Å². The van der Waals surface area contributed by atoms with Gasteiger partial charge in [0, 0.05) is 0 Å². The third-order valence-corrected chi connectivity index (χ3v) is 5.35. The molecule has 2 aliphatic rings. The van der Waals surface area contributed by atoms with Crippen molar-refractivity contribution in [2.24, 2.45) is 11.8 Å². The number of nitrogens with two attached hydrogens (primary N) is 1. The molecule has 4 heteroatoms. The van der Waals surface area contributed by atoms with Crippen molar-refractivity contribution >= 4 is 21.7 Å². The molecule has 0 aromatic carbocycles. The molecule has 94 valence electrons. The third kappa shape index (κ3) is 2.12. The largest absolute Gasteiger partial charge is 0.383 e. The minimum atomic E-state index is 0.527. The van der Waals surface area contributed by atoms with Crippen molar-refractivity contribution in [2.45, 2.75) is 51.5 Å². The molecule has 0 saturated heterocycles. The van der Waals surface area contributed by atoms with Crippen LogP contribution in [0.3, 0.4) is 0 Å². The van der Waals surface area contributed by atoms with Gasteiger partial charge in [-0.15, -0.1) is 0 Å². The number of halogens is 1. The lowest BCUT2D eigenvalue weighted by Gasteiger charge is -2.30. The van der Waals surface area contributed by atoms with Crippen LogP contribution >= 0.6 is 15.9 Å². The van der Waals surface area contributed by atoms with Crippen molar-refractivity contribution in [3.05, 3.63) is 10.2 Å². The third-order valence-electron chi connectivity index (χ3n) is 4.37. The van der Waals surface area contributed by atoms with Gasteiger partial charge in [-0.1, -0.05) is 12.8 Å². The topological polar surface area (TPSA) is 43.8 Å². The van der Waals surface area contributed by atoms with Gasteiger partial charge in [0.25, 0.3) is 0 Å². The summed E-state index contributed by atoms with van der Waals surface area (Å²) in [7, 11) is 0. The predicted molar refractivity (Wildman–Crippen MR) is 72.8 cm³/mol. The molecule has 1 aromatic rings. The molecule has 2 atom stereocenters. The second kappa shape index (κ2) is 4.30. The minimum absolute atomic E-state index is 0.527. The first-order valence-corrected chi connectivity index (χ1v) is 7.46. The molecular formula is C13H20BrN3. The molecule has 0 spiro atoms. The van der Waals surface area contributed by atoms with Gasteiger partial charge in [-0.2, -0.15) is 5.10 Å². The lowest BCUT2D eigenvalue weighted by molar-refractivity contribution is 0.233. The van der Waals surface area contributed by atoms with Crippen LogP contribution in [-0.4, -0.2) is 9.78 Å². The zero-order chi connectivity index (χ0) is 12.0.